The van der Waals surface area contributed by atoms with E-state index in [9.17, 15) is 8.42 Å². The standard InChI is InChI=1S/C11H10N2O3S/c1-7(2)11-9(12-3)5-8(17(14,15)16)6-10(11)13-4/h5-7H,1-2H3,(H,14,15,16). The molecule has 17 heavy (non-hydrogen) atoms. The predicted octanol–water partition coefficient (Wildman–Crippen LogP) is 3.16. The van der Waals surface area contributed by atoms with E-state index in [0.717, 1.165) is 12.1 Å². The van der Waals surface area contributed by atoms with Crippen molar-refractivity contribution < 1.29 is 13.0 Å². The predicted molar refractivity (Wildman–Crippen MR) is 62.9 cm³/mol. The first-order valence-electron chi connectivity index (χ1n) is 4.71. The summed E-state index contributed by atoms with van der Waals surface area (Å²) in [5, 5.41) is 0. The normalized spacial score (nSPS) is 10.9. The molecule has 0 amide bonds. The van der Waals surface area contributed by atoms with Crippen LogP contribution in [-0.4, -0.2) is 13.0 Å². The van der Waals surface area contributed by atoms with Gasteiger partial charge in [0.25, 0.3) is 10.1 Å². The Balaban J connectivity index is 3.71. The van der Waals surface area contributed by atoms with Crippen molar-refractivity contribution in [2.75, 3.05) is 0 Å². The fourth-order valence-corrected chi connectivity index (χ4v) is 2.04. The molecule has 6 heteroatoms. The molecule has 0 heterocycles. The van der Waals surface area contributed by atoms with Gasteiger partial charge in [-0.25, -0.2) is 9.69 Å². The average Bonchev–Trinajstić information content (AvgIpc) is 2.25. The maximum atomic E-state index is 11.0. The molecule has 1 aromatic carbocycles. The van der Waals surface area contributed by atoms with Gasteiger partial charge in [-0.05, 0) is 23.6 Å². The molecule has 0 aliphatic carbocycles. The molecule has 0 aromatic heterocycles. The lowest BCUT2D eigenvalue weighted by molar-refractivity contribution is 0.483. The van der Waals surface area contributed by atoms with Gasteiger partial charge in [-0.1, -0.05) is 13.8 Å². The first-order valence-corrected chi connectivity index (χ1v) is 6.15. The van der Waals surface area contributed by atoms with E-state index in [0.29, 0.717) is 5.56 Å². The third kappa shape index (κ3) is 2.62. The second-order valence-corrected chi connectivity index (χ2v) is 5.15. The summed E-state index contributed by atoms with van der Waals surface area (Å²) < 4.78 is 30.9. The summed E-state index contributed by atoms with van der Waals surface area (Å²) >= 11 is 0. The van der Waals surface area contributed by atoms with Crippen LogP contribution in [0.1, 0.15) is 25.3 Å². The van der Waals surface area contributed by atoms with Gasteiger partial charge in [0.05, 0.1) is 18.0 Å². The highest BCUT2D eigenvalue weighted by Gasteiger charge is 2.18. The van der Waals surface area contributed by atoms with E-state index in [-0.39, 0.29) is 17.3 Å². The topological polar surface area (TPSA) is 63.1 Å². The Bertz CT molecular complexity index is 599. The summed E-state index contributed by atoms with van der Waals surface area (Å²) in [6, 6.07) is 2.18. The number of hydrogen-bond acceptors (Lipinski definition) is 2. The number of benzene rings is 1. The van der Waals surface area contributed by atoms with Crippen molar-refractivity contribution in [1.29, 1.82) is 0 Å². The second-order valence-electron chi connectivity index (χ2n) is 3.73. The van der Waals surface area contributed by atoms with Crippen molar-refractivity contribution in [2.24, 2.45) is 0 Å². The highest BCUT2D eigenvalue weighted by atomic mass is 32.2. The van der Waals surface area contributed by atoms with Crippen LogP contribution in [0.4, 0.5) is 11.4 Å². The van der Waals surface area contributed by atoms with Gasteiger partial charge in [0, 0.05) is 0 Å². The minimum absolute atomic E-state index is 0.0707. The van der Waals surface area contributed by atoms with Gasteiger partial charge >= 0.3 is 0 Å². The van der Waals surface area contributed by atoms with Crippen molar-refractivity contribution in [3.8, 4) is 0 Å². The molecule has 0 unspecified atom stereocenters. The Kier molecular flexibility index (Phi) is 3.52. The quantitative estimate of drug-likeness (QED) is 0.647. The summed E-state index contributed by atoms with van der Waals surface area (Å²) in [6.07, 6.45) is 0. The van der Waals surface area contributed by atoms with Crippen LogP contribution in [0.3, 0.4) is 0 Å². The molecule has 1 N–H and O–H groups in total. The second kappa shape index (κ2) is 4.54. The monoisotopic (exact) mass is 250 g/mol. The van der Waals surface area contributed by atoms with E-state index in [4.69, 9.17) is 17.7 Å². The molecular formula is C11H10N2O3S. The Morgan fingerprint density at radius 1 is 1.18 bits per heavy atom. The zero-order valence-corrected chi connectivity index (χ0v) is 10.1. The highest BCUT2D eigenvalue weighted by Crippen LogP contribution is 2.38. The lowest BCUT2D eigenvalue weighted by Gasteiger charge is -2.11. The van der Waals surface area contributed by atoms with Gasteiger partial charge in [-0.2, -0.15) is 8.42 Å². The molecular weight excluding hydrogens is 240 g/mol. The maximum Gasteiger partial charge on any atom is 0.292 e. The van der Waals surface area contributed by atoms with Crippen LogP contribution >= 0.6 is 0 Å². The van der Waals surface area contributed by atoms with Gasteiger partial charge in [0.2, 0.25) is 0 Å². The number of rotatable bonds is 2. The van der Waals surface area contributed by atoms with Crippen LogP contribution in [0.25, 0.3) is 9.69 Å². The van der Waals surface area contributed by atoms with Crippen LogP contribution in [0.2, 0.25) is 0 Å². The fourth-order valence-electron chi connectivity index (χ4n) is 1.52. The van der Waals surface area contributed by atoms with E-state index in [1.165, 1.54) is 0 Å². The van der Waals surface area contributed by atoms with Gasteiger partial charge in [0.15, 0.2) is 11.4 Å². The molecule has 0 saturated carbocycles. The van der Waals surface area contributed by atoms with Crippen molar-refractivity contribution in [3.05, 3.63) is 40.5 Å². The van der Waals surface area contributed by atoms with Crippen molar-refractivity contribution in [1.82, 2.24) is 0 Å². The highest BCUT2D eigenvalue weighted by molar-refractivity contribution is 7.85. The minimum Gasteiger partial charge on any atom is -0.282 e. The van der Waals surface area contributed by atoms with E-state index >= 15 is 0 Å². The third-order valence-corrected chi connectivity index (χ3v) is 3.06. The maximum absolute atomic E-state index is 11.0. The smallest absolute Gasteiger partial charge is 0.282 e. The van der Waals surface area contributed by atoms with E-state index in [1.54, 1.807) is 0 Å². The third-order valence-electron chi connectivity index (χ3n) is 2.23. The minimum atomic E-state index is -4.40. The largest absolute Gasteiger partial charge is 0.292 e. The lowest BCUT2D eigenvalue weighted by Crippen LogP contribution is -1.99. The summed E-state index contributed by atoms with van der Waals surface area (Å²) in [7, 11) is -4.40. The molecule has 0 fully saturated rings. The zero-order chi connectivity index (χ0) is 13.2. The van der Waals surface area contributed by atoms with Gasteiger partial charge in [0.1, 0.15) is 0 Å². The van der Waals surface area contributed by atoms with Crippen LogP contribution in [0.5, 0.6) is 0 Å². The summed E-state index contributed by atoms with van der Waals surface area (Å²) in [4.78, 5) is 5.99. The van der Waals surface area contributed by atoms with E-state index in [1.807, 2.05) is 13.8 Å². The van der Waals surface area contributed by atoms with Crippen LogP contribution < -0.4 is 0 Å². The fraction of sp³-hybridized carbons (Fsp3) is 0.273. The first kappa shape index (κ1) is 13.2. The molecule has 0 bridgehead atoms. The van der Waals surface area contributed by atoms with Crippen LogP contribution in [0.15, 0.2) is 17.0 Å². The Labute approximate surface area is 100 Å². The molecule has 1 aromatic rings. The molecule has 0 aliphatic rings. The molecule has 0 atom stereocenters. The molecule has 0 aliphatic heterocycles. The molecule has 5 nitrogen and oxygen atoms in total. The average molecular weight is 250 g/mol. The number of nitrogens with zero attached hydrogens (tertiary/aromatic N) is 2. The van der Waals surface area contributed by atoms with Gasteiger partial charge in [-0.15, -0.1) is 0 Å². The summed E-state index contributed by atoms with van der Waals surface area (Å²) in [6.45, 7) is 17.6. The molecule has 1 rings (SSSR count). The molecule has 88 valence electrons. The molecule has 0 radical (unpaired) electrons. The van der Waals surface area contributed by atoms with Crippen molar-refractivity contribution in [2.45, 2.75) is 24.7 Å². The van der Waals surface area contributed by atoms with E-state index < -0.39 is 15.0 Å². The summed E-state index contributed by atoms with van der Waals surface area (Å²) in [5.74, 6) is -0.0707. The van der Waals surface area contributed by atoms with Crippen LogP contribution in [0, 0.1) is 13.1 Å². The van der Waals surface area contributed by atoms with Gasteiger partial charge in [-0.3, -0.25) is 4.55 Å². The number of hydrogen-bond donors (Lipinski definition) is 1. The zero-order valence-electron chi connectivity index (χ0n) is 9.30. The SMILES string of the molecule is [C-]#[N+]c1cc(S(=O)(=O)O)cc([N+]#[C-])c1C(C)C. The molecule has 0 spiro atoms. The van der Waals surface area contributed by atoms with Crippen LogP contribution in [-0.2, 0) is 10.1 Å². The first-order chi connectivity index (χ1) is 7.81. The Morgan fingerprint density at radius 2 is 1.59 bits per heavy atom. The lowest BCUT2D eigenvalue weighted by atomic mass is 9.99. The van der Waals surface area contributed by atoms with E-state index in [2.05, 4.69) is 9.69 Å². The van der Waals surface area contributed by atoms with Crippen molar-refractivity contribution >= 4 is 21.5 Å². The van der Waals surface area contributed by atoms with Crippen molar-refractivity contribution in [3.63, 3.8) is 0 Å². The van der Waals surface area contributed by atoms with Gasteiger partial charge < -0.3 is 0 Å². The Hall–Kier alpha value is -1.89. The molecule has 0 saturated heterocycles. The Morgan fingerprint density at radius 3 is 1.82 bits per heavy atom. The summed E-state index contributed by atoms with van der Waals surface area (Å²) in [5.41, 5.74) is 0.671.